The van der Waals surface area contributed by atoms with Crippen molar-refractivity contribution in [3.8, 4) is 0 Å². The first kappa shape index (κ1) is 12.6. The minimum Gasteiger partial charge on any atom is -0.362 e. The summed E-state index contributed by atoms with van der Waals surface area (Å²) >= 11 is 4.99. The van der Waals surface area contributed by atoms with Gasteiger partial charge < -0.3 is 5.32 Å². The fourth-order valence-corrected chi connectivity index (χ4v) is 1.53. The van der Waals surface area contributed by atoms with Crippen LogP contribution in [-0.4, -0.2) is 17.9 Å². The van der Waals surface area contributed by atoms with Crippen molar-refractivity contribution in [1.82, 2.24) is 10.7 Å². The lowest BCUT2D eigenvalue weighted by Crippen LogP contribution is -2.31. The molecule has 0 bridgehead atoms. The molecule has 16 heavy (non-hydrogen) atoms. The highest BCUT2D eigenvalue weighted by Gasteiger charge is 1.94. The van der Waals surface area contributed by atoms with Gasteiger partial charge in [-0.25, -0.2) is 0 Å². The van der Waals surface area contributed by atoms with Gasteiger partial charge in [0, 0.05) is 6.54 Å². The summed E-state index contributed by atoms with van der Waals surface area (Å²) in [6, 6.07) is 6.24. The molecule has 3 nitrogen and oxygen atoms in total. The van der Waals surface area contributed by atoms with Gasteiger partial charge in [-0.15, -0.1) is 0 Å². The lowest BCUT2D eigenvalue weighted by molar-refractivity contribution is 0.904. The Bertz CT molecular complexity index is 399. The molecule has 0 aliphatic carbocycles. The second-order valence-electron chi connectivity index (χ2n) is 3.59. The Kier molecular flexibility index (Phi) is 4.92. The van der Waals surface area contributed by atoms with Crippen LogP contribution in [0.3, 0.4) is 0 Å². The van der Waals surface area contributed by atoms with E-state index >= 15 is 0 Å². The van der Waals surface area contributed by atoms with Gasteiger partial charge in [0.05, 0.1) is 6.21 Å². The Labute approximate surface area is 102 Å². The topological polar surface area (TPSA) is 36.4 Å². The maximum absolute atomic E-state index is 4.99. The number of nitrogens with zero attached hydrogens (tertiary/aromatic N) is 1. The van der Waals surface area contributed by atoms with Crippen LogP contribution in [0.1, 0.15) is 23.6 Å². The van der Waals surface area contributed by atoms with Crippen LogP contribution in [0.4, 0.5) is 0 Å². The van der Waals surface area contributed by atoms with Crippen LogP contribution in [0.15, 0.2) is 23.3 Å². The van der Waals surface area contributed by atoms with E-state index in [-0.39, 0.29) is 0 Å². The van der Waals surface area contributed by atoms with Crippen molar-refractivity contribution in [2.24, 2.45) is 5.10 Å². The molecule has 1 aromatic carbocycles. The van der Waals surface area contributed by atoms with Gasteiger partial charge in [-0.3, -0.25) is 5.43 Å². The van der Waals surface area contributed by atoms with Gasteiger partial charge >= 0.3 is 0 Å². The number of nitrogens with one attached hydrogen (secondary N) is 2. The first-order valence-electron chi connectivity index (χ1n) is 5.27. The highest BCUT2D eigenvalue weighted by atomic mass is 32.1. The monoisotopic (exact) mass is 235 g/mol. The fourth-order valence-electron chi connectivity index (χ4n) is 1.33. The lowest BCUT2D eigenvalue weighted by Gasteiger charge is -2.04. The van der Waals surface area contributed by atoms with Gasteiger partial charge in [0.1, 0.15) is 0 Å². The van der Waals surface area contributed by atoms with Crippen LogP contribution in [0.2, 0.25) is 0 Å². The van der Waals surface area contributed by atoms with E-state index in [1.807, 2.05) is 13.0 Å². The van der Waals surface area contributed by atoms with Crippen molar-refractivity contribution in [3.05, 3.63) is 34.9 Å². The van der Waals surface area contributed by atoms with Crippen molar-refractivity contribution in [1.29, 1.82) is 0 Å². The van der Waals surface area contributed by atoms with Crippen molar-refractivity contribution >= 4 is 23.5 Å². The average molecular weight is 235 g/mol. The molecule has 0 aliphatic rings. The molecule has 2 N–H and O–H groups in total. The highest BCUT2D eigenvalue weighted by Crippen LogP contribution is 2.07. The molecule has 0 heterocycles. The maximum atomic E-state index is 4.99. The number of rotatable bonds is 3. The number of hydrazone groups is 1. The maximum Gasteiger partial charge on any atom is 0.186 e. The summed E-state index contributed by atoms with van der Waals surface area (Å²) in [7, 11) is 0. The molecular formula is C12H17N3S. The smallest absolute Gasteiger partial charge is 0.186 e. The second kappa shape index (κ2) is 6.23. The molecular weight excluding hydrogens is 218 g/mol. The van der Waals surface area contributed by atoms with Gasteiger partial charge in [0.25, 0.3) is 0 Å². The van der Waals surface area contributed by atoms with Crippen molar-refractivity contribution in [3.63, 3.8) is 0 Å². The molecule has 0 spiro atoms. The van der Waals surface area contributed by atoms with E-state index in [4.69, 9.17) is 12.2 Å². The third-order valence-corrected chi connectivity index (χ3v) is 2.37. The second-order valence-corrected chi connectivity index (χ2v) is 4.00. The van der Waals surface area contributed by atoms with Crippen LogP contribution in [-0.2, 0) is 0 Å². The average Bonchev–Trinajstić information content (AvgIpc) is 2.22. The third kappa shape index (κ3) is 3.98. The predicted molar refractivity (Wildman–Crippen MR) is 72.9 cm³/mol. The van der Waals surface area contributed by atoms with Gasteiger partial charge in [-0.2, -0.15) is 5.10 Å². The zero-order chi connectivity index (χ0) is 12.0. The first-order valence-corrected chi connectivity index (χ1v) is 5.68. The molecule has 0 radical (unpaired) electrons. The molecule has 0 amide bonds. The van der Waals surface area contributed by atoms with Crippen molar-refractivity contribution in [2.75, 3.05) is 6.54 Å². The number of hydrogen-bond donors (Lipinski definition) is 2. The molecule has 0 fully saturated rings. The lowest BCUT2D eigenvalue weighted by atomic mass is 10.1. The van der Waals surface area contributed by atoms with Crippen LogP contribution in [0.25, 0.3) is 0 Å². The minimum atomic E-state index is 0.545. The molecule has 0 saturated carbocycles. The summed E-state index contributed by atoms with van der Waals surface area (Å²) in [4.78, 5) is 0. The molecule has 4 heteroatoms. The Morgan fingerprint density at radius 2 is 2.19 bits per heavy atom. The number of thiocarbonyl (C=S) groups is 1. The van der Waals surface area contributed by atoms with E-state index in [1.165, 1.54) is 11.1 Å². The van der Waals surface area contributed by atoms with Crippen LogP contribution in [0.5, 0.6) is 0 Å². The van der Waals surface area contributed by atoms with Crippen LogP contribution in [0, 0.1) is 13.8 Å². The highest BCUT2D eigenvalue weighted by molar-refractivity contribution is 7.80. The zero-order valence-electron chi connectivity index (χ0n) is 9.87. The summed E-state index contributed by atoms with van der Waals surface area (Å²) < 4.78 is 0. The normalized spacial score (nSPS) is 10.4. The summed E-state index contributed by atoms with van der Waals surface area (Å²) in [6.45, 7) is 6.93. The molecule has 0 aliphatic heterocycles. The number of hydrogen-bond acceptors (Lipinski definition) is 2. The molecule has 0 saturated heterocycles. The van der Waals surface area contributed by atoms with Crippen molar-refractivity contribution in [2.45, 2.75) is 20.8 Å². The summed E-state index contributed by atoms with van der Waals surface area (Å²) in [5, 5.41) is 7.58. The van der Waals surface area contributed by atoms with Gasteiger partial charge in [0.15, 0.2) is 5.11 Å². The number of aryl methyl sites for hydroxylation is 2. The summed E-state index contributed by atoms with van der Waals surface area (Å²) in [5.41, 5.74) is 6.32. The quantitative estimate of drug-likeness (QED) is 0.479. The fraction of sp³-hybridized carbons (Fsp3) is 0.333. The molecule has 0 atom stereocenters. The zero-order valence-corrected chi connectivity index (χ0v) is 10.7. The standard InChI is InChI=1S/C12H17N3S/c1-4-13-12(16)15-14-8-11-6-5-9(2)7-10(11)3/h5-8H,4H2,1-3H3,(H2,13,15,16)/b14-8-. The SMILES string of the molecule is CCNC(=S)N/N=C\c1ccc(C)cc1C. The molecule has 1 aromatic rings. The Morgan fingerprint density at radius 1 is 1.44 bits per heavy atom. The number of benzene rings is 1. The Balaban J connectivity index is 2.59. The molecule has 1 rings (SSSR count). The largest absolute Gasteiger partial charge is 0.362 e. The van der Waals surface area contributed by atoms with Gasteiger partial charge in [0.2, 0.25) is 0 Å². The van der Waals surface area contributed by atoms with E-state index < -0.39 is 0 Å². The molecule has 0 unspecified atom stereocenters. The summed E-state index contributed by atoms with van der Waals surface area (Å²) in [5.74, 6) is 0. The van der Waals surface area contributed by atoms with E-state index in [0.717, 1.165) is 12.1 Å². The third-order valence-electron chi connectivity index (χ3n) is 2.13. The Morgan fingerprint density at radius 3 is 2.81 bits per heavy atom. The van der Waals surface area contributed by atoms with Gasteiger partial charge in [-0.05, 0) is 44.1 Å². The first-order chi connectivity index (χ1) is 7.63. The molecule has 0 aromatic heterocycles. The minimum absolute atomic E-state index is 0.545. The van der Waals surface area contributed by atoms with E-state index in [9.17, 15) is 0 Å². The molecule has 86 valence electrons. The summed E-state index contributed by atoms with van der Waals surface area (Å²) in [6.07, 6.45) is 1.78. The van der Waals surface area contributed by atoms with E-state index in [0.29, 0.717) is 5.11 Å². The Hall–Kier alpha value is -1.42. The van der Waals surface area contributed by atoms with Crippen molar-refractivity contribution < 1.29 is 0 Å². The van der Waals surface area contributed by atoms with E-state index in [1.54, 1.807) is 6.21 Å². The predicted octanol–water partition coefficient (Wildman–Crippen LogP) is 2.12. The van der Waals surface area contributed by atoms with Gasteiger partial charge in [-0.1, -0.05) is 23.8 Å². The van der Waals surface area contributed by atoms with E-state index in [2.05, 4.69) is 41.8 Å². The van der Waals surface area contributed by atoms with Crippen LogP contribution < -0.4 is 10.7 Å². The van der Waals surface area contributed by atoms with Crippen LogP contribution >= 0.6 is 12.2 Å².